The topological polar surface area (TPSA) is 118 Å². The van der Waals surface area contributed by atoms with Crippen LogP contribution in [0.3, 0.4) is 0 Å². The zero-order chi connectivity index (χ0) is 11.9. The van der Waals surface area contributed by atoms with Crippen LogP contribution in [0.5, 0.6) is 0 Å². The Morgan fingerprint density at radius 3 is 2.07 bits per heavy atom. The number of nitrogens with zero attached hydrogens (tertiary/aromatic N) is 1. The van der Waals surface area contributed by atoms with E-state index in [1.54, 1.807) is 0 Å². The number of rotatable bonds is 8. The summed E-state index contributed by atoms with van der Waals surface area (Å²) in [5.74, 6) is -0.668. The van der Waals surface area contributed by atoms with E-state index in [9.17, 15) is 8.42 Å². The molecule has 0 aliphatic rings. The van der Waals surface area contributed by atoms with E-state index >= 15 is 0 Å². The average molecular weight is 243 g/mol. The van der Waals surface area contributed by atoms with Gasteiger partial charge in [0.05, 0.1) is 13.2 Å². The Hall–Kier alpha value is -0.250. The van der Waals surface area contributed by atoms with E-state index in [1.807, 2.05) is 0 Å². The summed E-state index contributed by atoms with van der Waals surface area (Å²) in [6.45, 7) is -0.850. The van der Waals surface area contributed by atoms with E-state index in [-0.39, 0.29) is 32.8 Å². The minimum absolute atomic E-state index is 0.00498. The van der Waals surface area contributed by atoms with Crippen molar-refractivity contribution in [1.82, 2.24) is 4.90 Å². The number of aliphatic hydroxyl groups excluding tert-OH is 3. The highest BCUT2D eigenvalue weighted by Crippen LogP contribution is 2.05. The Kier molecular flexibility index (Phi) is 6.98. The normalized spacial score (nSPS) is 14.5. The Morgan fingerprint density at radius 2 is 1.73 bits per heavy atom. The molecule has 7 nitrogen and oxygen atoms in total. The van der Waals surface area contributed by atoms with Crippen LogP contribution in [-0.2, 0) is 10.1 Å². The van der Waals surface area contributed by atoms with Crippen molar-refractivity contribution >= 4 is 10.1 Å². The zero-order valence-electron chi connectivity index (χ0n) is 8.28. The minimum atomic E-state index is -4.20. The fraction of sp³-hybridized carbons (Fsp3) is 1.00. The molecule has 8 heteroatoms. The quantitative estimate of drug-likeness (QED) is 0.359. The lowest BCUT2D eigenvalue weighted by molar-refractivity contribution is 0.0955. The lowest BCUT2D eigenvalue weighted by atomic mass is 10.2. The first-order valence-electron chi connectivity index (χ1n) is 4.46. The van der Waals surface area contributed by atoms with Crippen LogP contribution in [0.1, 0.15) is 6.42 Å². The monoisotopic (exact) mass is 243 g/mol. The molecule has 0 aromatic heterocycles. The fourth-order valence-corrected chi connectivity index (χ4v) is 1.99. The molecule has 0 aromatic carbocycles. The molecule has 1 atom stereocenters. The Morgan fingerprint density at radius 1 is 1.13 bits per heavy atom. The van der Waals surface area contributed by atoms with Gasteiger partial charge in [-0.2, -0.15) is 8.42 Å². The molecule has 0 saturated carbocycles. The standard InChI is InChI=1S/C7H17NO6S/c9-3-1-7(5-11)8(2-4-10)6-15(12,13)14/h7,9-11H,1-6H2,(H,12,13,14). The molecule has 92 valence electrons. The average Bonchev–Trinajstić information content (AvgIpc) is 2.11. The van der Waals surface area contributed by atoms with E-state index < -0.39 is 22.0 Å². The maximum absolute atomic E-state index is 10.6. The highest BCUT2D eigenvalue weighted by Gasteiger charge is 2.21. The van der Waals surface area contributed by atoms with Gasteiger partial charge in [-0.1, -0.05) is 0 Å². The summed E-state index contributed by atoms with van der Waals surface area (Å²) in [6, 6.07) is -0.593. The molecular weight excluding hydrogens is 226 g/mol. The summed E-state index contributed by atoms with van der Waals surface area (Å²) in [6.07, 6.45) is 0.173. The van der Waals surface area contributed by atoms with Gasteiger partial charge in [-0.3, -0.25) is 9.45 Å². The molecule has 0 radical (unpaired) electrons. The van der Waals surface area contributed by atoms with Crippen molar-refractivity contribution in [3.8, 4) is 0 Å². The molecule has 4 N–H and O–H groups in total. The van der Waals surface area contributed by atoms with Gasteiger partial charge in [-0.25, -0.2) is 0 Å². The third-order valence-electron chi connectivity index (χ3n) is 1.91. The van der Waals surface area contributed by atoms with Crippen molar-refractivity contribution in [1.29, 1.82) is 0 Å². The Bertz CT molecular complexity index is 254. The van der Waals surface area contributed by atoms with Gasteiger partial charge in [0, 0.05) is 19.2 Å². The summed E-state index contributed by atoms with van der Waals surface area (Å²) in [7, 11) is -4.20. The Labute approximate surface area is 88.7 Å². The number of hydrogen-bond donors (Lipinski definition) is 4. The van der Waals surface area contributed by atoms with Gasteiger partial charge in [0.15, 0.2) is 0 Å². The van der Waals surface area contributed by atoms with Gasteiger partial charge in [0.1, 0.15) is 5.88 Å². The molecule has 0 spiro atoms. The maximum atomic E-state index is 10.6. The molecule has 1 unspecified atom stereocenters. The first-order valence-corrected chi connectivity index (χ1v) is 6.07. The minimum Gasteiger partial charge on any atom is -0.396 e. The molecule has 0 heterocycles. The molecule has 0 fully saturated rings. The SMILES string of the molecule is O=S(=O)(O)CN(CCO)C(CO)CCO. The first kappa shape index (κ1) is 14.8. The van der Waals surface area contributed by atoms with E-state index in [0.717, 1.165) is 0 Å². The van der Waals surface area contributed by atoms with Crippen molar-refractivity contribution < 1.29 is 28.3 Å². The van der Waals surface area contributed by atoms with Gasteiger partial charge in [-0.15, -0.1) is 0 Å². The van der Waals surface area contributed by atoms with Gasteiger partial charge < -0.3 is 15.3 Å². The van der Waals surface area contributed by atoms with Crippen LogP contribution >= 0.6 is 0 Å². The van der Waals surface area contributed by atoms with Crippen LogP contribution in [0, 0.1) is 0 Å². The third kappa shape index (κ3) is 6.77. The van der Waals surface area contributed by atoms with Crippen molar-refractivity contribution in [2.75, 3.05) is 32.2 Å². The lowest BCUT2D eigenvalue weighted by Crippen LogP contribution is -2.43. The van der Waals surface area contributed by atoms with E-state index in [2.05, 4.69) is 0 Å². The summed E-state index contributed by atoms with van der Waals surface area (Å²) in [4.78, 5) is 1.20. The van der Waals surface area contributed by atoms with Crippen LogP contribution in [-0.4, -0.2) is 71.5 Å². The molecule has 0 saturated heterocycles. The zero-order valence-corrected chi connectivity index (χ0v) is 9.10. The third-order valence-corrected chi connectivity index (χ3v) is 2.56. The highest BCUT2D eigenvalue weighted by atomic mass is 32.2. The van der Waals surface area contributed by atoms with Crippen molar-refractivity contribution in [3.05, 3.63) is 0 Å². The first-order chi connectivity index (χ1) is 6.94. The maximum Gasteiger partial charge on any atom is 0.278 e. The summed E-state index contributed by atoms with van der Waals surface area (Å²) in [5.41, 5.74) is 0. The van der Waals surface area contributed by atoms with Gasteiger partial charge in [0.2, 0.25) is 0 Å². The largest absolute Gasteiger partial charge is 0.396 e. The van der Waals surface area contributed by atoms with Crippen molar-refractivity contribution in [2.24, 2.45) is 0 Å². The molecule has 0 rings (SSSR count). The van der Waals surface area contributed by atoms with Crippen molar-refractivity contribution in [2.45, 2.75) is 12.5 Å². The molecule has 0 bridgehead atoms. The van der Waals surface area contributed by atoms with Gasteiger partial charge in [-0.05, 0) is 6.42 Å². The number of hydrogen-bond acceptors (Lipinski definition) is 6. The Balaban J connectivity index is 4.46. The summed E-state index contributed by atoms with van der Waals surface area (Å²) in [5, 5.41) is 26.3. The van der Waals surface area contributed by atoms with Crippen LogP contribution in [0.2, 0.25) is 0 Å². The summed E-state index contributed by atoms with van der Waals surface area (Å²) < 4.78 is 29.9. The molecule has 0 aliphatic carbocycles. The number of aliphatic hydroxyl groups is 3. The van der Waals surface area contributed by atoms with Gasteiger partial charge >= 0.3 is 0 Å². The van der Waals surface area contributed by atoms with Crippen molar-refractivity contribution in [3.63, 3.8) is 0 Å². The fourth-order valence-electron chi connectivity index (χ4n) is 1.23. The lowest BCUT2D eigenvalue weighted by Gasteiger charge is -2.27. The predicted molar refractivity (Wildman–Crippen MR) is 52.8 cm³/mol. The molecule has 0 amide bonds. The van der Waals surface area contributed by atoms with Crippen LogP contribution in [0.4, 0.5) is 0 Å². The van der Waals surface area contributed by atoms with E-state index in [1.165, 1.54) is 4.90 Å². The highest BCUT2D eigenvalue weighted by molar-refractivity contribution is 7.85. The second kappa shape index (κ2) is 7.09. The van der Waals surface area contributed by atoms with E-state index in [4.69, 9.17) is 19.9 Å². The molecule has 0 aromatic rings. The summed E-state index contributed by atoms with van der Waals surface area (Å²) >= 11 is 0. The molecule has 0 aliphatic heterocycles. The second-order valence-electron chi connectivity index (χ2n) is 3.10. The molecular formula is C7H17NO6S. The second-order valence-corrected chi connectivity index (χ2v) is 4.52. The van der Waals surface area contributed by atoms with Crippen LogP contribution in [0.25, 0.3) is 0 Å². The van der Waals surface area contributed by atoms with Gasteiger partial charge in [0.25, 0.3) is 10.1 Å². The molecule has 15 heavy (non-hydrogen) atoms. The van der Waals surface area contributed by atoms with Crippen LogP contribution < -0.4 is 0 Å². The van der Waals surface area contributed by atoms with Crippen LogP contribution in [0.15, 0.2) is 0 Å². The van der Waals surface area contributed by atoms with E-state index in [0.29, 0.717) is 0 Å². The smallest absolute Gasteiger partial charge is 0.278 e. The predicted octanol–water partition coefficient (Wildman–Crippen LogP) is -2.13.